The Balaban J connectivity index is 0. The Bertz CT molecular complexity index is 9.61. The first kappa shape index (κ1) is 49.7. The number of hydrogen-bond acceptors (Lipinski definition) is 0. The van der Waals surface area contributed by atoms with E-state index < -0.39 is 0 Å². The molecule has 0 N–H and O–H groups in total. The summed E-state index contributed by atoms with van der Waals surface area (Å²) in [5, 5.41) is 0. The minimum absolute atomic E-state index is 0. The summed E-state index contributed by atoms with van der Waals surface area (Å²) in [6, 6.07) is 0. The van der Waals surface area contributed by atoms with Crippen molar-refractivity contribution >= 4 is 0 Å². The van der Waals surface area contributed by atoms with Crippen molar-refractivity contribution < 1.29 is 84.5 Å². The van der Waals surface area contributed by atoms with Gasteiger partial charge < -0.3 is 0 Å². The van der Waals surface area contributed by atoms with E-state index in [9.17, 15) is 0 Å². The molecule has 0 aliphatic carbocycles. The number of rotatable bonds is 0. The molecule has 0 bridgehead atoms. The van der Waals surface area contributed by atoms with E-state index in [4.69, 9.17) is 0 Å². The van der Waals surface area contributed by atoms with Gasteiger partial charge in [0.15, 0.2) is 0 Å². The molecule has 0 saturated heterocycles. The molecule has 5 heteroatoms. The maximum absolute atomic E-state index is 0. The monoisotopic (exact) mass is 292 g/mol. The summed E-state index contributed by atoms with van der Waals surface area (Å²) in [5.74, 6) is 0. The van der Waals surface area contributed by atoms with Crippen molar-refractivity contribution in [2.24, 2.45) is 0 Å². The molecule has 0 aromatic rings. The molecule has 5 heavy (non-hydrogen) atoms. The van der Waals surface area contributed by atoms with Crippen molar-refractivity contribution in [2.45, 2.75) is 0 Å². The molecule has 0 aromatic carbocycles. The van der Waals surface area contributed by atoms with E-state index in [1.807, 2.05) is 0 Å². The second-order valence-corrected chi connectivity index (χ2v) is 0. The van der Waals surface area contributed by atoms with E-state index in [0.717, 1.165) is 0 Å². The topological polar surface area (TPSA) is 0 Å². The van der Waals surface area contributed by atoms with Gasteiger partial charge in [-0.15, -0.1) is 0 Å². The van der Waals surface area contributed by atoms with Crippen LogP contribution in [0.4, 0.5) is 0 Å². The summed E-state index contributed by atoms with van der Waals surface area (Å²) in [6.07, 6.45) is 0. The third-order valence-corrected chi connectivity index (χ3v) is 0. The van der Waals surface area contributed by atoms with E-state index in [2.05, 4.69) is 0 Å². The zero-order valence-electron chi connectivity index (χ0n) is 1.66. The fourth-order valence-corrected chi connectivity index (χ4v) is 0. The van der Waals surface area contributed by atoms with Crippen molar-refractivity contribution in [3.63, 3.8) is 0 Å². The van der Waals surface area contributed by atoms with Gasteiger partial charge in [0.05, 0.1) is 0 Å². The maximum Gasteiger partial charge on any atom is 2.00 e. The Morgan fingerprint density at radius 3 is 0.800 bits per heavy atom. The van der Waals surface area contributed by atoms with Crippen LogP contribution in [0, 0.1) is 0 Å². The Hall–Kier alpha value is 2.56. The molecule has 0 amide bonds. The molecule has 0 atom stereocenters. The minimum Gasteiger partial charge on any atom is 1.00 e. The van der Waals surface area contributed by atoms with E-state index in [-0.39, 0.29) is 84.5 Å². The zero-order chi connectivity index (χ0) is 0. The summed E-state index contributed by atoms with van der Waals surface area (Å²) >= 11 is 0. The van der Waals surface area contributed by atoms with Crippen LogP contribution in [-0.2, 0) is 84.5 Å². The summed E-state index contributed by atoms with van der Waals surface area (Å²) < 4.78 is 0. The molecule has 0 spiro atoms. The Labute approximate surface area is 83.5 Å². The first-order valence-corrected chi connectivity index (χ1v) is 0. The van der Waals surface area contributed by atoms with Crippen molar-refractivity contribution in [1.29, 1.82) is 0 Å². The van der Waals surface area contributed by atoms with Crippen LogP contribution in [0.5, 0.6) is 0 Å². The van der Waals surface area contributed by atoms with Crippen LogP contribution in [0.25, 0.3) is 0 Å². The molecule has 1 radical (unpaired) electrons. The van der Waals surface area contributed by atoms with Gasteiger partial charge >= 0.3 is 84.5 Å². The fraction of sp³-hybridized carbons (Fsp3) is 0. The molecule has 0 aromatic heterocycles. The van der Waals surface area contributed by atoms with Gasteiger partial charge in [0.25, 0.3) is 0 Å². The molecule has 0 rings (SSSR count). The molecule has 0 heterocycles. The predicted octanol–water partition coefficient (Wildman–Crippen LogP) is -0.0125. The van der Waals surface area contributed by atoms with E-state index >= 15 is 0 Å². The van der Waals surface area contributed by atoms with E-state index in [1.54, 1.807) is 0 Å². The molecule has 37 valence electrons. The standard InChI is InChI=1S/Co.Cu.2Fe.Ni/q+2;+1;3*+2. The van der Waals surface area contributed by atoms with Crippen LogP contribution < -0.4 is 0 Å². The third kappa shape index (κ3) is 20.8. The quantitative estimate of drug-likeness (QED) is 0.551. The Morgan fingerprint density at radius 2 is 0.800 bits per heavy atom. The van der Waals surface area contributed by atoms with Crippen LogP contribution in [0.15, 0.2) is 0 Å². The van der Waals surface area contributed by atoms with Crippen LogP contribution >= 0.6 is 0 Å². The van der Waals surface area contributed by atoms with Gasteiger partial charge in [-0.2, -0.15) is 0 Å². The smallest absolute Gasteiger partial charge is 1.00 e. The molecular weight excluding hydrogens is 293 g/mol. The van der Waals surface area contributed by atoms with E-state index in [1.165, 1.54) is 0 Å². The van der Waals surface area contributed by atoms with Gasteiger partial charge in [0, 0.05) is 0 Å². The van der Waals surface area contributed by atoms with Gasteiger partial charge in [-0.25, -0.2) is 0 Å². The minimum atomic E-state index is 0. The molecule has 0 saturated carbocycles. The Morgan fingerprint density at radius 1 is 0.800 bits per heavy atom. The molecule has 0 fully saturated rings. The average molecular weight is 293 g/mol. The molecular formula is CoCuFe2Ni+9. The van der Waals surface area contributed by atoms with Crippen molar-refractivity contribution in [3.05, 3.63) is 0 Å². The van der Waals surface area contributed by atoms with Crippen molar-refractivity contribution in [3.8, 4) is 0 Å². The van der Waals surface area contributed by atoms with Gasteiger partial charge in [-0.1, -0.05) is 0 Å². The normalized spacial score (nSPS) is 0. The Kier molecular flexibility index (Phi) is 308. The maximum atomic E-state index is 0. The third-order valence-electron chi connectivity index (χ3n) is 0. The molecule has 0 aliphatic rings. The summed E-state index contributed by atoms with van der Waals surface area (Å²) in [5.41, 5.74) is 0. The van der Waals surface area contributed by atoms with Gasteiger partial charge in [-0.3, -0.25) is 0 Å². The first-order chi connectivity index (χ1) is 0. The van der Waals surface area contributed by atoms with Crippen LogP contribution in [0.3, 0.4) is 0 Å². The SMILES string of the molecule is [Co+2].[Cu+].[Fe+2].[Fe+2].[Ni+2]. The van der Waals surface area contributed by atoms with Crippen molar-refractivity contribution in [1.82, 2.24) is 0 Å². The number of hydrogen-bond donors (Lipinski definition) is 0. The fourth-order valence-electron chi connectivity index (χ4n) is 0. The van der Waals surface area contributed by atoms with Gasteiger partial charge in [-0.05, 0) is 0 Å². The van der Waals surface area contributed by atoms with Crippen molar-refractivity contribution in [2.75, 3.05) is 0 Å². The second-order valence-electron chi connectivity index (χ2n) is 0. The summed E-state index contributed by atoms with van der Waals surface area (Å²) in [6.45, 7) is 0. The summed E-state index contributed by atoms with van der Waals surface area (Å²) in [4.78, 5) is 0. The largest absolute Gasteiger partial charge is 2.00 e. The second kappa shape index (κ2) is 31.0. The molecule has 0 nitrogen and oxygen atoms in total. The average Bonchev–Trinajstić information content (AvgIpc) is 0. The van der Waals surface area contributed by atoms with Crippen LogP contribution in [0.2, 0.25) is 0 Å². The van der Waals surface area contributed by atoms with Gasteiger partial charge in [0.2, 0.25) is 0 Å². The summed E-state index contributed by atoms with van der Waals surface area (Å²) in [7, 11) is 0. The van der Waals surface area contributed by atoms with Crippen LogP contribution in [-0.4, -0.2) is 0 Å². The predicted molar refractivity (Wildman–Crippen MR) is 0 cm³/mol. The van der Waals surface area contributed by atoms with Gasteiger partial charge in [0.1, 0.15) is 0 Å². The molecule has 0 unspecified atom stereocenters. The van der Waals surface area contributed by atoms with E-state index in [0.29, 0.717) is 0 Å². The van der Waals surface area contributed by atoms with Crippen LogP contribution in [0.1, 0.15) is 0 Å². The first-order valence-electron chi connectivity index (χ1n) is 0. The zero-order valence-corrected chi connectivity index (χ0v) is 6.84. The molecule has 0 aliphatic heterocycles.